The number of anilines is 1. The molecule has 1 unspecified atom stereocenters. The molecule has 3 heterocycles. The normalized spacial score (nSPS) is 15.0. The molecule has 0 radical (unpaired) electrons. The molecule has 154 valence electrons. The molecule has 1 atom stereocenters. The third kappa shape index (κ3) is 3.79. The van der Waals surface area contributed by atoms with Crippen LogP contribution in [0.5, 0.6) is 11.5 Å². The van der Waals surface area contributed by atoms with E-state index in [9.17, 15) is 13.2 Å². The summed E-state index contributed by atoms with van der Waals surface area (Å²) in [7, 11) is 0. The van der Waals surface area contributed by atoms with E-state index >= 15 is 0 Å². The summed E-state index contributed by atoms with van der Waals surface area (Å²) in [5, 5.41) is 6.92. The third-order valence-corrected chi connectivity index (χ3v) is 4.59. The molecule has 0 saturated carbocycles. The summed E-state index contributed by atoms with van der Waals surface area (Å²) in [6.07, 6.45) is -4.65. The molecule has 7 nitrogen and oxygen atoms in total. The van der Waals surface area contributed by atoms with Gasteiger partial charge < -0.3 is 14.8 Å². The molecule has 1 aliphatic heterocycles. The van der Waals surface area contributed by atoms with E-state index in [0.717, 1.165) is 10.1 Å². The monoisotopic (exact) mass is 407 g/mol. The first-order chi connectivity index (χ1) is 13.7. The maximum absolute atomic E-state index is 13.1. The molecule has 0 fully saturated rings. The molecule has 4 rings (SSSR count). The number of nitrogens with one attached hydrogen (secondary N) is 1. The number of fused-ring (bicyclic) bond motifs is 2. The van der Waals surface area contributed by atoms with Crippen LogP contribution in [0, 0.1) is 12.8 Å². The van der Waals surface area contributed by atoms with Crippen LogP contribution in [0.3, 0.4) is 0 Å². The number of halogens is 3. The highest BCUT2D eigenvalue weighted by molar-refractivity contribution is 5.50. The molecular formula is C19H20F3N5O2. The number of benzene rings is 1. The molecule has 0 spiro atoms. The van der Waals surface area contributed by atoms with E-state index in [2.05, 4.69) is 20.4 Å². The van der Waals surface area contributed by atoms with Crippen molar-refractivity contribution >= 4 is 11.6 Å². The first-order valence-electron chi connectivity index (χ1n) is 9.20. The molecule has 0 amide bonds. The molecule has 2 aromatic heterocycles. The van der Waals surface area contributed by atoms with Crippen LogP contribution in [0.15, 0.2) is 24.3 Å². The van der Waals surface area contributed by atoms with Crippen LogP contribution in [0.25, 0.3) is 5.78 Å². The second-order valence-electron chi connectivity index (χ2n) is 7.20. The van der Waals surface area contributed by atoms with Gasteiger partial charge in [0.05, 0.1) is 6.04 Å². The highest BCUT2D eigenvalue weighted by Crippen LogP contribution is 2.36. The van der Waals surface area contributed by atoms with Crippen molar-refractivity contribution in [3.63, 3.8) is 0 Å². The maximum Gasteiger partial charge on any atom is 0.453 e. The molecule has 3 aromatic rings. The summed E-state index contributed by atoms with van der Waals surface area (Å²) in [6, 6.07) is 7.08. The summed E-state index contributed by atoms with van der Waals surface area (Å²) < 4.78 is 51.5. The van der Waals surface area contributed by atoms with Gasteiger partial charge in [0.2, 0.25) is 0 Å². The van der Waals surface area contributed by atoms with E-state index in [-0.39, 0.29) is 17.7 Å². The SMILES string of the molecule is Cc1cc(NC(c2ccc3c(c2)OCCO3)C(C)C)n2nc(C(F)(F)F)nc2n1. The lowest BCUT2D eigenvalue weighted by atomic mass is 9.95. The molecule has 1 aliphatic rings. The average molecular weight is 407 g/mol. The van der Waals surface area contributed by atoms with Gasteiger partial charge in [0, 0.05) is 11.8 Å². The van der Waals surface area contributed by atoms with Crippen LogP contribution < -0.4 is 14.8 Å². The lowest BCUT2D eigenvalue weighted by Crippen LogP contribution is -2.20. The molecule has 0 bridgehead atoms. The van der Waals surface area contributed by atoms with Crippen molar-refractivity contribution in [1.82, 2.24) is 19.6 Å². The molecule has 1 aromatic carbocycles. The molecular weight excluding hydrogens is 387 g/mol. The second kappa shape index (κ2) is 7.09. The van der Waals surface area contributed by atoms with Gasteiger partial charge in [-0.3, -0.25) is 0 Å². The minimum absolute atomic E-state index is 0.107. The van der Waals surface area contributed by atoms with Crippen molar-refractivity contribution in [3.05, 3.63) is 41.3 Å². The Balaban J connectivity index is 1.74. The van der Waals surface area contributed by atoms with Gasteiger partial charge in [-0.1, -0.05) is 19.9 Å². The maximum atomic E-state index is 13.1. The van der Waals surface area contributed by atoms with Crippen molar-refractivity contribution < 1.29 is 22.6 Å². The molecule has 0 saturated heterocycles. The number of rotatable bonds is 4. The lowest BCUT2D eigenvalue weighted by molar-refractivity contribution is -0.144. The molecule has 10 heteroatoms. The highest BCUT2D eigenvalue weighted by atomic mass is 19.4. The summed E-state index contributed by atoms with van der Waals surface area (Å²) in [6.45, 7) is 6.70. The molecule has 29 heavy (non-hydrogen) atoms. The van der Waals surface area contributed by atoms with Gasteiger partial charge >= 0.3 is 6.18 Å². The Morgan fingerprint density at radius 2 is 1.79 bits per heavy atom. The van der Waals surface area contributed by atoms with Crippen LogP contribution in [0.2, 0.25) is 0 Å². The second-order valence-corrected chi connectivity index (χ2v) is 7.20. The number of hydrogen-bond acceptors (Lipinski definition) is 6. The highest BCUT2D eigenvalue weighted by Gasteiger charge is 2.37. The Morgan fingerprint density at radius 1 is 1.07 bits per heavy atom. The van der Waals surface area contributed by atoms with Gasteiger partial charge in [0.25, 0.3) is 11.6 Å². The standard InChI is InChI=1S/C19H20F3N5O2/c1-10(2)16(12-4-5-13-14(9-12)29-7-6-28-13)24-15-8-11(3)23-18-25-17(19(20,21)22)26-27(15)18/h4-5,8-10,16,24H,6-7H2,1-3H3. The predicted octanol–water partition coefficient (Wildman–Crippen LogP) is 4.03. The van der Waals surface area contributed by atoms with Crippen LogP contribution >= 0.6 is 0 Å². The van der Waals surface area contributed by atoms with E-state index in [1.165, 1.54) is 0 Å². The van der Waals surface area contributed by atoms with Gasteiger partial charge in [-0.25, -0.2) is 4.98 Å². The van der Waals surface area contributed by atoms with Crippen LogP contribution in [0.4, 0.5) is 19.0 Å². The van der Waals surface area contributed by atoms with Crippen molar-refractivity contribution in [2.75, 3.05) is 18.5 Å². The number of alkyl halides is 3. The topological polar surface area (TPSA) is 73.6 Å². The Labute approximate surface area is 164 Å². The Morgan fingerprint density at radius 3 is 2.48 bits per heavy atom. The van der Waals surface area contributed by atoms with Crippen LogP contribution in [-0.2, 0) is 6.18 Å². The number of ether oxygens (including phenoxy) is 2. The van der Waals surface area contributed by atoms with Gasteiger partial charge in [-0.2, -0.15) is 22.7 Å². The Kier molecular flexibility index (Phi) is 4.71. The zero-order valence-corrected chi connectivity index (χ0v) is 16.1. The quantitative estimate of drug-likeness (QED) is 0.704. The number of aromatic nitrogens is 4. The third-order valence-electron chi connectivity index (χ3n) is 4.59. The van der Waals surface area contributed by atoms with Crippen molar-refractivity contribution in [2.24, 2.45) is 5.92 Å². The first kappa shape index (κ1) is 19.3. The van der Waals surface area contributed by atoms with Gasteiger partial charge in [-0.15, -0.1) is 5.10 Å². The lowest BCUT2D eigenvalue weighted by Gasteiger charge is -2.26. The van der Waals surface area contributed by atoms with E-state index in [1.807, 2.05) is 32.0 Å². The summed E-state index contributed by atoms with van der Waals surface area (Å²) in [4.78, 5) is 7.59. The fourth-order valence-corrected chi connectivity index (χ4v) is 3.26. The summed E-state index contributed by atoms with van der Waals surface area (Å²) in [5.74, 6) is 0.493. The zero-order valence-electron chi connectivity index (χ0n) is 16.1. The van der Waals surface area contributed by atoms with Crippen molar-refractivity contribution in [1.29, 1.82) is 0 Å². The smallest absolute Gasteiger partial charge is 0.453 e. The van der Waals surface area contributed by atoms with Crippen LogP contribution in [-0.4, -0.2) is 32.8 Å². The van der Waals surface area contributed by atoms with E-state index < -0.39 is 12.0 Å². The van der Waals surface area contributed by atoms with Gasteiger partial charge in [0.1, 0.15) is 19.0 Å². The largest absolute Gasteiger partial charge is 0.486 e. The first-order valence-corrected chi connectivity index (χ1v) is 9.20. The van der Waals surface area contributed by atoms with E-state index in [0.29, 0.717) is 36.2 Å². The van der Waals surface area contributed by atoms with Gasteiger partial charge in [0.15, 0.2) is 11.5 Å². The summed E-state index contributed by atoms with van der Waals surface area (Å²) in [5.41, 5.74) is 1.45. The van der Waals surface area contributed by atoms with Crippen LogP contribution in [0.1, 0.15) is 37.0 Å². The van der Waals surface area contributed by atoms with Gasteiger partial charge in [-0.05, 0) is 30.5 Å². The number of aryl methyl sites for hydroxylation is 1. The zero-order chi connectivity index (χ0) is 20.8. The predicted molar refractivity (Wildman–Crippen MR) is 99.2 cm³/mol. The van der Waals surface area contributed by atoms with E-state index in [4.69, 9.17) is 9.47 Å². The fraction of sp³-hybridized carbons (Fsp3) is 0.421. The molecule has 0 aliphatic carbocycles. The number of nitrogens with zero attached hydrogens (tertiary/aromatic N) is 4. The minimum atomic E-state index is -4.65. The average Bonchev–Trinajstić information content (AvgIpc) is 3.10. The van der Waals surface area contributed by atoms with E-state index in [1.54, 1.807) is 13.0 Å². The van der Waals surface area contributed by atoms with Crippen molar-refractivity contribution in [3.8, 4) is 11.5 Å². The number of hydrogen-bond donors (Lipinski definition) is 1. The van der Waals surface area contributed by atoms with Crippen molar-refractivity contribution in [2.45, 2.75) is 33.0 Å². The Hall–Kier alpha value is -3.04. The Bertz CT molecular complexity index is 1050. The molecule has 1 N–H and O–H groups in total. The summed E-state index contributed by atoms with van der Waals surface area (Å²) >= 11 is 0. The minimum Gasteiger partial charge on any atom is -0.486 e. The fourth-order valence-electron chi connectivity index (χ4n) is 3.26.